The van der Waals surface area contributed by atoms with Gasteiger partial charge in [-0.1, -0.05) is 31.4 Å². The molecule has 0 saturated carbocycles. The summed E-state index contributed by atoms with van der Waals surface area (Å²) in [6.45, 7) is -0.110. The van der Waals surface area contributed by atoms with Gasteiger partial charge in [0, 0.05) is 56.1 Å². The van der Waals surface area contributed by atoms with Crippen LogP contribution in [0.4, 0.5) is 4.79 Å². The van der Waals surface area contributed by atoms with E-state index >= 15 is 0 Å². The molecule has 362 valence electrons. The molecule has 12 N–H and O–H groups in total. The Balaban J connectivity index is 1.03. The molecule has 3 aliphatic heterocycles. The van der Waals surface area contributed by atoms with Crippen LogP contribution in [0.2, 0.25) is 0 Å². The average Bonchev–Trinajstić information content (AvgIpc) is 3.84. The number of unbranched alkanes of at least 4 members (excludes halogenated alkanes) is 5. The fourth-order valence-electron chi connectivity index (χ4n) is 6.90. The molecule has 0 aliphatic carbocycles. The molecular weight excluding hydrogens is 935 g/mol. The maximum atomic E-state index is 12.6. The van der Waals surface area contributed by atoms with Crippen molar-refractivity contribution in [3.05, 3.63) is 38.7 Å². The number of hydrogen-bond acceptors (Lipinski definition) is 16. The van der Waals surface area contributed by atoms with Crippen molar-refractivity contribution in [3.63, 3.8) is 0 Å². The van der Waals surface area contributed by atoms with Crippen LogP contribution in [0, 0.1) is 0 Å². The van der Waals surface area contributed by atoms with Gasteiger partial charge >= 0.3 is 35.2 Å². The second-order valence-corrected chi connectivity index (χ2v) is 20.8. The first-order chi connectivity index (χ1) is 30.1. The molecule has 3 saturated heterocycles. The highest BCUT2D eigenvalue weighted by Crippen LogP contribution is 2.66. The van der Waals surface area contributed by atoms with Gasteiger partial charge in [0.15, 0.2) is 6.23 Å². The van der Waals surface area contributed by atoms with Gasteiger partial charge in [-0.3, -0.25) is 33.3 Å². The largest absolute Gasteiger partial charge is 0.490 e. The number of phosphoric ester groups is 1. The predicted octanol–water partition coefficient (Wildman–Crippen LogP) is -0.292. The zero-order valence-electron chi connectivity index (χ0n) is 34.5. The third kappa shape index (κ3) is 18.2. The Bertz CT molecular complexity index is 2070. The summed E-state index contributed by atoms with van der Waals surface area (Å²) in [7, 11) is -17.1. The van der Waals surface area contributed by atoms with Gasteiger partial charge in [-0.05, 0) is 38.5 Å². The number of carbonyl (C=O) groups excluding carboxylic acids is 4. The molecular formula is C34H56N7O19P3S. The minimum Gasteiger partial charge on any atom is -0.387 e. The quantitative estimate of drug-likeness (QED) is 0.0291. The molecule has 64 heavy (non-hydrogen) atoms. The Kier molecular flexibility index (Phi) is 20.9. The summed E-state index contributed by atoms with van der Waals surface area (Å²) in [5.74, 6) is 0.589. The molecule has 1 aromatic rings. The number of thioether (sulfide) groups is 1. The number of aliphatic hydroxyl groups is 2. The van der Waals surface area contributed by atoms with E-state index in [2.05, 4.69) is 39.7 Å². The summed E-state index contributed by atoms with van der Waals surface area (Å²) in [5, 5.41) is 35.6. The van der Waals surface area contributed by atoms with Gasteiger partial charge < -0.3 is 61.1 Å². The van der Waals surface area contributed by atoms with Crippen LogP contribution in [0.15, 0.2) is 21.9 Å². The molecule has 5 amide bonds. The number of carbonyl (C=O) groups is 4. The highest BCUT2D eigenvalue weighted by molar-refractivity contribution is 8.00. The van der Waals surface area contributed by atoms with E-state index in [1.54, 1.807) is 0 Å². The van der Waals surface area contributed by atoms with Crippen LogP contribution >= 0.6 is 35.2 Å². The van der Waals surface area contributed by atoms with Crippen molar-refractivity contribution < 1.29 is 80.5 Å². The summed E-state index contributed by atoms with van der Waals surface area (Å²) in [5.41, 5.74) is -2.09. The van der Waals surface area contributed by atoms with Crippen LogP contribution in [-0.2, 0) is 46.0 Å². The summed E-state index contributed by atoms with van der Waals surface area (Å²) in [6, 6.07) is 0.274. The van der Waals surface area contributed by atoms with E-state index in [-0.39, 0.29) is 54.4 Å². The number of nitrogens with one attached hydrogen (secondary N) is 6. The van der Waals surface area contributed by atoms with E-state index in [4.69, 9.17) is 14.5 Å². The number of aliphatic hydroxyl groups excluding tert-OH is 2. The number of H-pyrrole nitrogens is 1. The summed E-state index contributed by atoms with van der Waals surface area (Å²) in [6.07, 6.45) is 4.34. The van der Waals surface area contributed by atoms with Crippen LogP contribution in [0.1, 0.15) is 88.8 Å². The summed E-state index contributed by atoms with van der Waals surface area (Å²) >= 11 is 1.86. The molecule has 0 aromatic carbocycles. The van der Waals surface area contributed by atoms with Gasteiger partial charge in [0.25, 0.3) is 5.56 Å². The average molecular weight is 992 g/mol. The Hall–Kier alpha value is -3.26. The first-order valence-corrected chi connectivity index (χ1v) is 26.0. The van der Waals surface area contributed by atoms with Crippen LogP contribution < -0.4 is 37.8 Å². The fourth-order valence-corrected chi connectivity index (χ4v) is 11.5. The lowest BCUT2D eigenvalue weighted by Crippen LogP contribution is -2.38. The smallest absolute Gasteiger partial charge is 0.387 e. The van der Waals surface area contributed by atoms with Gasteiger partial charge in [-0.25, -0.2) is 23.3 Å². The Morgan fingerprint density at radius 2 is 1.42 bits per heavy atom. The molecule has 4 heterocycles. The molecule has 0 spiro atoms. The molecule has 1 aromatic heterocycles. The van der Waals surface area contributed by atoms with Gasteiger partial charge in [0.2, 0.25) is 17.7 Å². The number of urea groups is 1. The van der Waals surface area contributed by atoms with E-state index < -0.39 is 65.9 Å². The second kappa shape index (κ2) is 25.0. The van der Waals surface area contributed by atoms with Crippen molar-refractivity contribution in [2.75, 3.05) is 32.0 Å². The number of aromatic nitrogens is 2. The number of fused-ring (bicyclic) bond motifs is 1. The molecule has 0 radical (unpaired) electrons. The number of rotatable bonds is 28. The second-order valence-electron chi connectivity index (χ2n) is 15.1. The molecule has 26 nitrogen and oxygen atoms in total. The predicted molar refractivity (Wildman–Crippen MR) is 226 cm³/mol. The summed E-state index contributed by atoms with van der Waals surface area (Å²) in [4.78, 5) is 111. The molecule has 3 fully saturated rings. The van der Waals surface area contributed by atoms with Gasteiger partial charge in [0.05, 0.1) is 24.3 Å². The Morgan fingerprint density at radius 3 is 2.05 bits per heavy atom. The SMILES string of the molecule is O=C(CCCCCNC(=O)CCCCCNC(=O)CCCC[C@H]1SC[C@H]2NC(=O)N[C@H]21)NC/C=C/c1cn([C@@H]2O[C@H](COP(=O)(O)OP(=O)(O)OP(=O)(O)O)[C@H](O)C2O)c(=O)[nH]c1=O. The van der Waals surface area contributed by atoms with Gasteiger partial charge in [0.1, 0.15) is 18.3 Å². The lowest BCUT2D eigenvalue weighted by Gasteiger charge is -2.19. The van der Waals surface area contributed by atoms with Crippen molar-refractivity contribution in [1.29, 1.82) is 0 Å². The van der Waals surface area contributed by atoms with Crippen LogP contribution in [0.25, 0.3) is 6.08 Å². The van der Waals surface area contributed by atoms with Crippen molar-refractivity contribution in [2.24, 2.45) is 0 Å². The minimum absolute atomic E-state index is 0.00768. The van der Waals surface area contributed by atoms with E-state index in [0.29, 0.717) is 61.4 Å². The highest BCUT2D eigenvalue weighted by Gasteiger charge is 2.47. The van der Waals surface area contributed by atoms with Crippen molar-refractivity contribution in [3.8, 4) is 0 Å². The highest BCUT2D eigenvalue weighted by atomic mass is 32.2. The third-order valence-electron chi connectivity index (χ3n) is 10.0. The minimum atomic E-state index is -5.83. The number of ether oxygens (including phenoxy) is 1. The number of amides is 5. The van der Waals surface area contributed by atoms with E-state index in [0.717, 1.165) is 44.1 Å². The number of hydrogen-bond donors (Lipinski definition) is 12. The van der Waals surface area contributed by atoms with E-state index in [9.17, 15) is 62.5 Å². The van der Waals surface area contributed by atoms with Crippen LogP contribution in [-0.4, -0.2) is 131 Å². The van der Waals surface area contributed by atoms with Gasteiger partial charge in [-0.15, -0.1) is 0 Å². The zero-order valence-corrected chi connectivity index (χ0v) is 38.0. The number of nitrogens with zero attached hydrogens (tertiary/aromatic N) is 1. The van der Waals surface area contributed by atoms with Crippen LogP contribution in [0.5, 0.6) is 0 Å². The molecule has 0 bridgehead atoms. The van der Waals surface area contributed by atoms with E-state index in [1.165, 1.54) is 12.2 Å². The normalized spacial score (nSPS) is 25.0. The van der Waals surface area contributed by atoms with Crippen LogP contribution in [0.3, 0.4) is 0 Å². The fraction of sp³-hybridized carbons (Fsp3) is 0.706. The lowest BCUT2D eigenvalue weighted by molar-refractivity contribution is -0.122. The number of aromatic amines is 1. The zero-order chi connectivity index (χ0) is 47.1. The van der Waals surface area contributed by atoms with Crippen molar-refractivity contribution >= 4 is 65.1 Å². The molecule has 3 unspecified atom stereocenters. The molecule has 4 rings (SSSR count). The van der Waals surface area contributed by atoms with Crippen molar-refractivity contribution in [1.82, 2.24) is 36.1 Å². The van der Waals surface area contributed by atoms with E-state index in [1.807, 2.05) is 16.7 Å². The summed E-state index contributed by atoms with van der Waals surface area (Å²) < 4.78 is 52.0. The first-order valence-electron chi connectivity index (χ1n) is 20.4. The van der Waals surface area contributed by atoms with Crippen molar-refractivity contribution in [2.45, 2.75) is 119 Å². The maximum absolute atomic E-state index is 12.6. The third-order valence-corrected chi connectivity index (χ3v) is 15.3. The maximum Gasteiger partial charge on any atom is 0.490 e. The first kappa shape index (κ1) is 53.4. The number of phosphoric acid groups is 3. The lowest BCUT2D eigenvalue weighted by atomic mass is 10.0. The monoisotopic (exact) mass is 991 g/mol. The molecule has 30 heteroatoms. The standard InChI is InChI=1S/C34H56N7O19P3S/c42-25(12-3-1-8-16-36-27(44)14-6-5-11-24-28-22(20-64-24)38-33(48)39-28)35-15-7-2-4-13-26(43)37-17-9-10-21-18-41(34(49)40-31(21)47)32-30(46)29(45)23(58-32)19-57-62(53,54)60-63(55,56)59-61(50,51)52/h9-10,18,22-24,28-30,32,45-46H,1-8,11-17,19-20H2,(H,35,42)(H,36,44)(H,37,43)(H,53,54)(H,55,56)(H2,38,39,48)(H,40,47,49)(H2,50,51,52)/b10-9+/t22-,23-,24-,28-,29+,30?,32-/m1/s1. The Labute approximate surface area is 370 Å². The Morgan fingerprint density at radius 1 is 0.812 bits per heavy atom. The molecule has 9 atom stereocenters. The van der Waals surface area contributed by atoms with Gasteiger partial charge in [-0.2, -0.15) is 20.4 Å². The topological polar surface area (TPSA) is 393 Å². The molecule has 3 aliphatic rings.